The van der Waals surface area contributed by atoms with E-state index in [0.29, 0.717) is 29.2 Å². The molecule has 2 aromatic rings. The maximum absolute atomic E-state index is 13.5. The van der Waals surface area contributed by atoms with Crippen LogP contribution in [0.15, 0.2) is 48.5 Å². The summed E-state index contributed by atoms with van der Waals surface area (Å²) in [6, 6.07) is 11.3. The summed E-state index contributed by atoms with van der Waals surface area (Å²) in [4.78, 5) is 23.5. The van der Waals surface area contributed by atoms with E-state index < -0.39 is 24.3 Å². The fraction of sp³-hybridized carbons (Fsp3) is 0.238. The first-order valence-electron chi connectivity index (χ1n) is 8.69. The van der Waals surface area contributed by atoms with Crippen molar-refractivity contribution in [2.45, 2.75) is 13.5 Å². The van der Waals surface area contributed by atoms with E-state index in [1.165, 1.54) is 12.1 Å². The Morgan fingerprint density at radius 1 is 1.14 bits per heavy atom. The molecule has 0 bridgehead atoms. The smallest absolute Gasteiger partial charge is 0.331 e. The molecule has 2 aromatic carbocycles. The zero-order chi connectivity index (χ0) is 20.4. The van der Waals surface area contributed by atoms with Crippen LogP contribution < -0.4 is 14.8 Å². The molecule has 7 heteroatoms. The molecule has 6 nitrogen and oxygen atoms in total. The highest BCUT2D eigenvalue weighted by molar-refractivity contribution is 5.89. The van der Waals surface area contributed by atoms with Gasteiger partial charge in [-0.15, -0.1) is 0 Å². The minimum absolute atomic E-state index is 0.0188. The fourth-order valence-electron chi connectivity index (χ4n) is 2.30. The summed E-state index contributed by atoms with van der Waals surface area (Å²) in [6.45, 7) is 1.90. The van der Waals surface area contributed by atoms with Gasteiger partial charge in [0, 0.05) is 18.2 Å². The molecule has 2 rings (SSSR count). The highest BCUT2D eigenvalue weighted by atomic mass is 19.1. The largest absolute Gasteiger partial charge is 0.493 e. The van der Waals surface area contributed by atoms with Gasteiger partial charge in [-0.3, -0.25) is 4.79 Å². The Labute approximate surface area is 162 Å². The van der Waals surface area contributed by atoms with E-state index in [1.807, 2.05) is 6.92 Å². The number of halogens is 1. The number of ether oxygens (including phenoxy) is 3. The van der Waals surface area contributed by atoms with Crippen LogP contribution in [0.25, 0.3) is 6.08 Å². The molecule has 0 saturated carbocycles. The highest BCUT2D eigenvalue weighted by Crippen LogP contribution is 2.28. The van der Waals surface area contributed by atoms with Crippen molar-refractivity contribution in [2.24, 2.45) is 0 Å². The van der Waals surface area contributed by atoms with Crippen LogP contribution in [0.2, 0.25) is 0 Å². The Hall–Kier alpha value is -3.35. The Morgan fingerprint density at radius 2 is 1.93 bits per heavy atom. The summed E-state index contributed by atoms with van der Waals surface area (Å²) in [7, 11) is 1.54. The molecule has 0 aromatic heterocycles. The van der Waals surface area contributed by atoms with Crippen molar-refractivity contribution in [1.82, 2.24) is 5.32 Å². The van der Waals surface area contributed by atoms with Crippen LogP contribution in [0.4, 0.5) is 4.39 Å². The fourth-order valence-corrected chi connectivity index (χ4v) is 2.30. The average molecular weight is 387 g/mol. The van der Waals surface area contributed by atoms with Crippen LogP contribution in [0.1, 0.15) is 18.1 Å². The molecule has 28 heavy (non-hydrogen) atoms. The quantitative estimate of drug-likeness (QED) is 0.529. The third-order valence-electron chi connectivity index (χ3n) is 3.68. The molecule has 148 valence electrons. The standard InChI is InChI=1S/C21H22FNO5/c1-3-27-19-12-15(8-10-18(19)26-2)9-11-21(25)28-14-20(24)23-13-16-6-4-5-7-17(16)22/h4-12H,3,13-14H2,1-2H3,(H,23,24)/b11-9+. The van der Waals surface area contributed by atoms with Gasteiger partial charge < -0.3 is 19.5 Å². The lowest BCUT2D eigenvalue weighted by molar-refractivity contribution is -0.143. The monoisotopic (exact) mass is 387 g/mol. The predicted molar refractivity (Wildman–Crippen MR) is 102 cm³/mol. The van der Waals surface area contributed by atoms with Gasteiger partial charge in [-0.2, -0.15) is 0 Å². The van der Waals surface area contributed by atoms with E-state index >= 15 is 0 Å². The van der Waals surface area contributed by atoms with Gasteiger partial charge >= 0.3 is 5.97 Å². The topological polar surface area (TPSA) is 73.9 Å². The van der Waals surface area contributed by atoms with E-state index in [1.54, 1.807) is 49.6 Å². The third kappa shape index (κ3) is 6.42. The first kappa shape index (κ1) is 21.0. The zero-order valence-corrected chi connectivity index (χ0v) is 15.7. The van der Waals surface area contributed by atoms with Crippen LogP contribution >= 0.6 is 0 Å². The lowest BCUT2D eigenvalue weighted by Gasteiger charge is -2.09. The van der Waals surface area contributed by atoms with Crippen LogP contribution in [0.3, 0.4) is 0 Å². The van der Waals surface area contributed by atoms with Crippen LogP contribution in [0.5, 0.6) is 11.5 Å². The molecule has 0 aliphatic carbocycles. The highest BCUT2D eigenvalue weighted by Gasteiger charge is 2.08. The number of nitrogens with one attached hydrogen (secondary N) is 1. The van der Waals surface area contributed by atoms with Crippen molar-refractivity contribution in [1.29, 1.82) is 0 Å². The lowest BCUT2D eigenvalue weighted by atomic mass is 10.2. The number of hydrogen-bond acceptors (Lipinski definition) is 5. The number of rotatable bonds is 9. The average Bonchev–Trinajstić information content (AvgIpc) is 2.70. The summed E-state index contributed by atoms with van der Waals surface area (Å²) in [6.07, 6.45) is 2.75. The molecule has 0 spiro atoms. The van der Waals surface area contributed by atoms with Crippen molar-refractivity contribution in [2.75, 3.05) is 20.3 Å². The summed E-state index contributed by atoms with van der Waals surface area (Å²) in [5.74, 6) is -0.447. The first-order valence-corrected chi connectivity index (χ1v) is 8.69. The van der Waals surface area contributed by atoms with Crippen LogP contribution in [0, 0.1) is 5.82 Å². The second kappa shape index (κ2) is 10.7. The van der Waals surface area contributed by atoms with Gasteiger partial charge in [0.1, 0.15) is 5.82 Å². The van der Waals surface area contributed by atoms with Gasteiger partial charge in [-0.1, -0.05) is 24.3 Å². The Balaban J connectivity index is 1.82. The predicted octanol–water partition coefficient (Wildman–Crippen LogP) is 3.11. The molecule has 0 aliphatic rings. The Morgan fingerprint density at radius 3 is 2.64 bits per heavy atom. The Bertz CT molecular complexity index is 850. The Kier molecular flexibility index (Phi) is 8.02. The van der Waals surface area contributed by atoms with Crippen molar-refractivity contribution in [3.63, 3.8) is 0 Å². The normalized spacial score (nSPS) is 10.5. The van der Waals surface area contributed by atoms with Gasteiger partial charge in [0.15, 0.2) is 18.1 Å². The number of esters is 1. The van der Waals surface area contributed by atoms with Crippen LogP contribution in [-0.2, 0) is 20.9 Å². The maximum Gasteiger partial charge on any atom is 0.331 e. The molecule has 1 N–H and O–H groups in total. The van der Waals surface area contributed by atoms with Gasteiger partial charge in [-0.05, 0) is 36.8 Å². The molecule has 0 saturated heterocycles. The summed E-state index contributed by atoms with van der Waals surface area (Å²) >= 11 is 0. The summed E-state index contributed by atoms with van der Waals surface area (Å²) in [5, 5.41) is 2.49. The molecule has 0 radical (unpaired) electrons. The van der Waals surface area contributed by atoms with E-state index in [2.05, 4.69) is 5.32 Å². The van der Waals surface area contributed by atoms with Crippen molar-refractivity contribution >= 4 is 18.0 Å². The number of methoxy groups -OCH3 is 1. The molecule has 0 unspecified atom stereocenters. The van der Waals surface area contributed by atoms with E-state index in [0.717, 1.165) is 0 Å². The molecular formula is C21H22FNO5. The van der Waals surface area contributed by atoms with Gasteiger partial charge in [0.05, 0.1) is 13.7 Å². The van der Waals surface area contributed by atoms with E-state index in [9.17, 15) is 14.0 Å². The van der Waals surface area contributed by atoms with Gasteiger partial charge in [0.25, 0.3) is 5.91 Å². The van der Waals surface area contributed by atoms with Crippen molar-refractivity contribution in [3.8, 4) is 11.5 Å². The zero-order valence-electron chi connectivity index (χ0n) is 15.7. The van der Waals surface area contributed by atoms with Gasteiger partial charge in [-0.25, -0.2) is 9.18 Å². The molecule has 0 atom stereocenters. The number of amides is 1. The number of carbonyl (C=O) groups is 2. The molecular weight excluding hydrogens is 365 g/mol. The molecule has 0 heterocycles. The molecule has 0 fully saturated rings. The SMILES string of the molecule is CCOc1cc(/C=C/C(=O)OCC(=O)NCc2ccccc2F)ccc1OC. The maximum atomic E-state index is 13.5. The lowest BCUT2D eigenvalue weighted by Crippen LogP contribution is -2.28. The van der Waals surface area contributed by atoms with Crippen molar-refractivity contribution < 1.29 is 28.2 Å². The summed E-state index contributed by atoms with van der Waals surface area (Å²) in [5.41, 5.74) is 1.07. The first-order chi connectivity index (χ1) is 13.5. The van der Waals surface area contributed by atoms with E-state index in [4.69, 9.17) is 14.2 Å². The minimum Gasteiger partial charge on any atom is -0.493 e. The van der Waals surface area contributed by atoms with Crippen LogP contribution in [-0.4, -0.2) is 32.2 Å². The number of benzene rings is 2. The number of carbonyl (C=O) groups excluding carboxylic acids is 2. The van der Waals surface area contributed by atoms with Crippen molar-refractivity contribution in [3.05, 3.63) is 65.5 Å². The third-order valence-corrected chi connectivity index (χ3v) is 3.68. The second-order valence-electron chi connectivity index (χ2n) is 5.65. The minimum atomic E-state index is -0.671. The molecule has 0 aliphatic heterocycles. The van der Waals surface area contributed by atoms with Gasteiger partial charge in [0.2, 0.25) is 0 Å². The molecule has 1 amide bonds. The van der Waals surface area contributed by atoms with E-state index in [-0.39, 0.29) is 6.54 Å². The number of hydrogen-bond donors (Lipinski definition) is 1. The second-order valence-corrected chi connectivity index (χ2v) is 5.65. The summed E-state index contributed by atoms with van der Waals surface area (Å²) < 4.78 is 29.0.